The smallest absolute Gasteiger partial charge is 0.250 e. The van der Waals surface area contributed by atoms with Gasteiger partial charge in [-0.1, -0.05) is 36.1 Å². The first-order valence-corrected chi connectivity index (χ1v) is 8.64. The highest BCUT2D eigenvalue weighted by Crippen LogP contribution is 2.28. The predicted octanol–water partition coefficient (Wildman–Crippen LogP) is 3.32. The summed E-state index contributed by atoms with van der Waals surface area (Å²) in [6, 6.07) is 5.42. The number of aromatic nitrogens is 2. The van der Waals surface area contributed by atoms with Crippen LogP contribution in [0.5, 0.6) is 11.5 Å². The second-order valence-electron chi connectivity index (χ2n) is 4.24. The number of methoxy groups -OCH3 is 2. The molecule has 2 aromatic rings. The van der Waals surface area contributed by atoms with Crippen LogP contribution in [0.1, 0.15) is 12.5 Å². The van der Waals surface area contributed by atoms with Gasteiger partial charge in [0.15, 0.2) is 15.8 Å². The van der Waals surface area contributed by atoms with Crippen molar-refractivity contribution in [2.45, 2.75) is 11.3 Å². The van der Waals surface area contributed by atoms with Gasteiger partial charge >= 0.3 is 0 Å². The third-order valence-corrected chi connectivity index (χ3v) is 4.59. The van der Waals surface area contributed by atoms with Gasteiger partial charge in [0.25, 0.3) is 0 Å². The van der Waals surface area contributed by atoms with E-state index < -0.39 is 0 Å². The van der Waals surface area contributed by atoms with E-state index in [1.165, 1.54) is 17.4 Å². The van der Waals surface area contributed by atoms with Crippen molar-refractivity contribution in [2.24, 2.45) is 0 Å². The fraction of sp³-hybridized carbons (Fsp3) is 0.267. The summed E-state index contributed by atoms with van der Waals surface area (Å²) in [6.45, 7) is 2.04. The van der Waals surface area contributed by atoms with Gasteiger partial charge in [-0.05, 0) is 29.5 Å². The molecule has 2 rings (SSSR count). The van der Waals surface area contributed by atoms with Gasteiger partial charge in [-0.3, -0.25) is 10.1 Å². The minimum absolute atomic E-state index is 0.260. The molecule has 0 spiro atoms. The Morgan fingerprint density at radius 3 is 2.78 bits per heavy atom. The number of carbonyl (C=O) groups is 1. The molecule has 6 nitrogen and oxygen atoms in total. The molecule has 0 saturated carbocycles. The number of carbonyl (C=O) groups excluding carboxylic acids is 1. The quantitative estimate of drug-likeness (QED) is 0.469. The summed E-state index contributed by atoms with van der Waals surface area (Å²) in [5.74, 6) is 1.91. The molecule has 0 atom stereocenters. The van der Waals surface area contributed by atoms with Crippen LogP contribution in [-0.4, -0.2) is 36.1 Å². The van der Waals surface area contributed by atoms with E-state index in [1.54, 1.807) is 44.2 Å². The predicted molar refractivity (Wildman–Crippen MR) is 93.5 cm³/mol. The van der Waals surface area contributed by atoms with E-state index >= 15 is 0 Å². The Kier molecular flexibility index (Phi) is 6.42. The van der Waals surface area contributed by atoms with Crippen molar-refractivity contribution in [3.8, 4) is 11.5 Å². The molecule has 0 fully saturated rings. The highest BCUT2D eigenvalue weighted by molar-refractivity contribution is 8.01. The van der Waals surface area contributed by atoms with Crippen LogP contribution in [0.15, 0.2) is 28.6 Å². The number of benzene rings is 1. The van der Waals surface area contributed by atoms with E-state index in [0.717, 1.165) is 15.7 Å². The van der Waals surface area contributed by atoms with Gasteiger partial charge < -0.3 is 9.47 Å². The summed E-state index contributed by atoms with van der Waals surface area (Å²) >= 11 is 2.95. The van der Waals surface area contributed by atoms with E-state index in [0.29, 0.717) is 16.6 Å². The third-order valence-electron chi connectivity index (χ3n) is 2.74. The second kappa shape index (κ2) is 8.54. The zero-order valence-corrected chi connectivity index (χ0v) is 14.7. The maximum absolute atomic E-state index is 11.9. The van der Waals surface area contributed by atoms with Crippen LogP contribution in [0.4, 0.5) is 5.13 Å². The van der Waals surface area contributed by atoms with Crippen molar-refractivity contribution in [1.29, 1.82) is 0 Å². The molecule has 1 aromatic heterocycles. The van der Waals surface area contributed by atoms with Crippen molar-refractivity contribution in [2.75, 3.05) is 25.3 Å². The van der Waals surface area contributed by atoms with E-state index in [4.69, 9.17) is 9.47 Å². The molecule has 0 aliphatic carbocycles. The first-order chi connectivity index (χ1) is 11.2. The third kappa shape index (κ3) is 4.97. The summed E-state index contributed by atoms with van der Waals surface area (Å²) < 4.78 is 11.2. The van der Waals surface area contributed by atoms with Crippen molar-refractivity contribution in [1.82, 2.24) is 10.2 Å². The van der Waals surface area contributed by atoms with Crippen LogP contribution >= 0.6 is 23.1 Å². The number of nitrogens with zero attached hydrogens (tertiary/aromatic N) is 2. The van der Waals surface area contributed by atoms with E-state index in [-0.39, 0.29) is 5.91 Å². The molecule has 0 aliphatic heterocycles. The molecular weight excluding hydrogens is 334 g/mol. The molecule has 0 unspecified atom stereocenters. The molecule has 1 aromatic carbocycles. The number of nitrogens with one attached hydrogen (secondary N) is 1. The molecule has 122 valence electrons. The van der Waals surface area contributed by atoms with Crippen molar-refractivity contribution in [3.63, 3.8) is 0 Å². The highest BCUT2D eigenvalue weighted by atomic mass is 32.2. The highest BCUT2D eigenvalue weighted by Gasteiger charge is 2.06. The Labute approximate surface area is 142 Å². The average Bonchev–Trinajstić information content (AvgIpc) is 3.00. The zero-order chi connectivity index (χ0) is 16.7. The lowest BCUT2D eigenvalue weighted by atomic mass is 10.2. The maximum Gasteiger partial charge on any atom is 0.250 e. The van der Waals surface area contributed by atoms with Crippen LogP contribution in [0.3, 0.4) is 0 Å². The van der Waals surface area contributed by atoms with Gasteiger partial charge in [0.2, 0.25) is 11.0 Å². The lowest BCUT2D eigenvalue weighted by molar-refractivity contribution is -0.111. The summed E-state index contributed by atoms with van der Waals surface area (Å²) in [5, 5.41) is 11.1. The Bertz CT molecular complexity index is 701. The molecule has 0 saturated heterocycles. The van der Waals surface area contributed by atoms with Crippen molar-refractivity contribution >= 4 is 40.2 Å². The lowest BCUT2D eigenvalue weighted by Gasteiger charge is -2.07. The number of hydrogen-bond donors (Lipinski definition) is 1. The fourth-order valence-electron chi connectivity index (χ4n) is 1.72. The van der Waals surface area contributed by atoms with Crippen LogP contribution in [0, 0.1) is 0 Å². The van der Waals surface area contributed by atoms with Crippen LogP contribution in [0.2, 0.25) is 0 Å². The minimum Gasteiger partial charge on any atom is -0.493 e. The van der Waals surface area contributed by atoms with Crippen LogP contribution in [-0.2, 0) is 4.79 Å². The number of anilines is 1. The number of rotatable bonds is 7. The summed E-state index contributed by atoms with van der Waals surface area (Å²) in [7, 11) is 3.15. The molecule has 1 amide bonds. The molecule has 1 heterocycles. The zero-order valence-electron chi connectivity index (χ0n) is 13.0. The molecule has 0 radical (unpaired) electrons. The molecule has 0 bridgehead atoms. The number of amides is 1. The lowest BCUT2D eigenvalue weighted by Crippen LogP contribution is -2.07. The molecule has 8 heteroatoms. The van der Waals surface area contributed by atoms with Gasteiger partial charge in [0.1, 0.15) is 0 Å². The van der Waals surface area contributed by atoms with Gasteiger partial charge in [0, 0.05) is 6.08 Å². The fourth-order valence-corrected chi connectivity index (χ4v) is 3.37. The maximum atomic E-state index is 11.9. The number of ether oxygens (including phenoxy) is 2. The first-order valence-electron chi connectivity index (χ1n) is 6.83. The van der Waals surface area contributed by atoms with Crippen molar-refractivity contribution in [3.05, 3.63) is 29.8 Å². The molecular formula is C15H17N3O3S2. The SMILES string of the molecule is CCSc1nnc(NC(=O)/C=C/c2ccc(OC)c(OC)c2)s1. The van der Waals surface area contributed by atoms with Gasteiger partial charge in [0.05, 0.1) is 14.2 Å². The average molecular weight is 351 g/mol. The van der Waals surface area contributed by atoms with Crippen molar-refractivity contribution < 1.29 is 14.3 Å². The Morgan fingerprint density at radius 2 is 2.09 bits per heavy atom. The second-order valence-corrected chi connectivity index (χ2v) is 6.73. The normalized spacial score (nSPS) is 10.7. The standard InChI is InChI=1S/C15H17N3O3S2/c1-4-22-15-18-17-14(23-15)16-13(19)8-6-10-5-7-11(20-2)12(9-10)21-3/h5-9H,4H2,1-3H3,(H,16,17,19)/b8-6+. The monoisotopic (exact) mass is 351 g/mol. The molecule has 0 aliphatic rings. The molecule has 1 N–H and O–H groups in total. The number of hydrogen-bond acceptors (Lipinski definition) is 7. The van der Waals surface area contributed by atoms with Crippen LogP contribution < -0.4 is 14.8 Å². The van der Waals surface area contributed by atoms with E-state index in [9.17, 15) is 4.79 Å². The van der Waals surface area contributed by atoms with Gasteiger partial charge in [-0.25, -0.2) is 0 Å². The summed E-state index contributed by atoms with van der Waals surface area (Å²) in [6.07, 6.45) is 3.13. The van der Waals surface area contributed by atoms with Gasteiger partial charge in [-0.2, -0.15) is 0 Å². The Hall–Kier alpha value is -2.06. The Morgan fingerprint density at radius 1 is 1.30 bits per heavy atom. The minimum atomic E-state index is -0.260. The first kappa shape index (κ1) is 17.3. The van der Waals surface area contributed by atoms with E-state index in [2.05, 4.69) is 15.5 Å². The largest absolute Gasteiger partial charge is 0.493 e. The van der Waals surface area contributed by atoms with E-state index in [1.807, 2.05) is 13.0 Å². The molecule has 23 heavy (non-hydrogen) atoms. The summed E-state index contributed by atoms with van der Waals surface area (Å²) in [5.41, 5.74) is 0.831. The number of thioether (sulfide) groups is 1. The van der Waals surface area contributed by atoms with Crippen LogP contribution in [0.25, 0.3) is 6.08 Å². The van der Waals surface area contributed by atoms with Gasteiger partial charge in [-0.15, -0.1) is 10.2 Å². The topological polar surface area (TPSA) is 73.3 Å². The summed E-state index contributed by atoms with van der Waals surface area (Å²) in [4.78, 5) is 11.9. The Balaban J connectivity index is 2.00.